The van der Waals surface area contributed by atoms with E-state index in [9.17, 15) is 4.79 Å². The zero-order valence-electron chi connectivity index (χ0n) is 9.64. The molecule has 1 aromatic heterocycles. The molecule has 2 rings (SSSR count). The van der Waals surface area contributed by atoms with Gasteiger partial charge >= 0.3 is 0 Å². The van der Waals surface area contributed by atoms with Gasteiger partial charge in [-0.15, -0.1) is 34.7 Å². The van der Waals surface area contributed by atoms with Crippen LogP contribution in [0.2, 0.25) is 0 Å². The molecule has 18 heavy (non-hydrogen) atoms. The van der Waals surface area contributed by atoms with Crippen molar-refractivity contribution in [3.8, 4) is 0 Å². The zero-order chi connectivity index (χ0) is 13.0. The van der Waals surface area contributed by atoms with E-state index >= 15 is 0 Å². The van der Waals surface area contributed by atoms with Crippen LogP contribution in [0, 0.1) is 0 Å². The maximum absolute atomic E-state index is 12.1. The Kier molecular flexibility index (Phi) is 4.63. The molecule has 2 aromatic rings. The van der Waals surface area contributed by atoms with Crippen LogP contribution in [0.1, 0.15) is 16.1 Å². The molecule has 0 unspecified atom stereocenters. The van der Waals surface area contributed by atoms with Gasteiger partial charge in [0.2, 0.25) is 0 Å². The number of amides is 1. The van der Waals surface area contributed by atoms with Gasteiger partial charge in [0.15, 0.2) is 5.13 Å². The summed E-state index contributed by atoms with van der Waals surface area (Å²) in [6, 6.07) is 7.49. The molecule has 0 fully saturated rings. The van der Waals surface area contributed by atoms with Gasteiger partial charge in [0.05, 0.1) is 17.1 Å². The van der Waals surface area contributed by atoms with E-state index in [2.05, 4.69) is 10.3 Å². The van der Waals surface area contributed by atoms with Crippen LogP contribution >= 0.6 is 34.7 Å². The first-order valence-electron chi connectivity index (χ1n) is 5.19. The maximum Gasteiger partial charge on any atom is 0.258 e. The minimum Gasteiger partial charge on any atom is -0.298 e. The van der Waals surface area contributed by atoms with Crippen LogP contribution in [0.4, 0.5) is 5.13 Å². The topological polar surface area (TPSA) is 42.0 Å². The molecule has 0 aliphatic rings. The van der Waals surface area contributed by atoms with Crippen LogP contribution in [0.25, 0.3) is 0 Å². The Bertz CT molecular complexity index is 557. The Balaban J connectivity index is 2.16. The molecule has 0 spiro atoms. The number of thiazole rings is 1. The number of carbonyl (C=O) groups excluding carboxylic acids is 1. The van der Waals surface area contributed by atoms with Crippen molar-refractivity contribution in [2.24, 2.45) is 0 Å². The summed E-state index contributed by atoms with van der Waals surface area (Å²) in [5.74, 6) is 0.212. The van der Waals surface area contributed by atoms with E-state index in [-0.39, 0.29) is 5.91 Å². The Morgan fingerprint density at radius 2 is 2.28 bits per heavy atom. The molecular formula is C12H11ClN2OS2. The van der Waals surface area contributed by atoms with E-state index in [1.165, 1.54) is 11.3 Å². The molecule has 0 radical (unpaired) electrons. The monoisotopic (exact) mass is 298 g/mol. The second-order valence-corrected chi connectivity index (χ2v) is 5.41. The summed E-state index contributed by atoms with van der Waals surface area (Å²) in [5.41, 5.74) is 1.43. The van der Waals surface area contributed by atoms with Crippen molar-refractivity contribution in [2.45, 2.75) is 10.8 Å². The standard InChI is InChI=1S/C12H11ClN2OS2/c1-17-10-5-3-2-4-9(10)11(16)15-12-14-8(6-13)7-18-12/h2-5,7H,6H2,1H3,(H,14,15,16). The maximum atomic E-state index is 12.1. The van der Waals surface area contributed by atoms with Crippen LogP contribution in [-0.2, 0) is 5.88 Å². The second-order valence-electron chi connectivity index (χ2n) is 3.43. The lowest BCUT2D eigenvalue weighted by Gasteiger charge is -2.05. The highest BCUT2D eigenvalue weighted by Crippen LogP contribution is 2.22. The summed E-state index contributed by atoms with van der Waals surface area (Å²) in [5, 5.41) is 5.20. The van der Waals surface area contributed by atoms with E-state index < -0.39 is 0 Å². The SMILES string of the molecule is CSc1ccccc1C(=O)Nc1nc(CCl)cs1. The number of hydrogen-bond donors (Lipinski definition) is 1. The first-order valence-corrected chi connectivity index (χ1v) is 7.83. The Morgan fingerprint density at radius 3 is 2.94 bits per heavy atom. The highest BCUT2D eigenvalue weighted by atomic mass is 35.5. The number of benzene rings is 1. The van der Waals surface area contributed by atoms with Crippen LogP contribution in [0.5, 0.6) is 0 Å². The number of thioether (sulfide) groups is 1. The van der Waals surface area contributed by atoms with Crippen LogP contribution in [0.15, 0.2) is 34.5 Å². The molecule has 0 aliphatic heterocycles. The number of nitrogens with one attached hydrogen (secondary N) is 1. The number of rotatable bonds is 4. The lowest BCUT2D eigenvalue weighted by atomic mass is 10.2. The molecule has 0 saturated carbocycles. The number of aromatic nitrogens is 1. The van der Waals surface area contributed by atoms with Gasteiger partial charge < -0.3 is 0 Å². The van der Waals surface area contributed by atoms with Crippen LogP contribution in [0.3, 0.4) is 0 Å². The molecule has 1 heterocycles. The van der Waals surface area contributed by atoms with E-state index in [1.807, 2.05) is 29.8 Å². The average Bonchev–Trinajstić information content (AvgIpc) is 2.86. The minimum atomic E-state index is -0.143. The Hall–Kier alpha value is -1.04. The van der Waals surface area contributed by atoms with Gasteiger partial charge in [-0.2, -0.15) is 0 Å². The smallest absolute Gasteiger partial charge is 0.258 e. The second kappa shape index (κ2) is 6.22. The summed E-state index contributed by atoms with van der Waals surface area (Å²) in [6.45, 7) is 0. The largest absolute Gasteiger partial charge is 0.298 e. The molecule has 0 aliphatic carbocycles. The molecular weight excluding hydrogens is 288 g/mol. The average molecular weight is 299 g/mol. The first-order chi connectivity index (χ1) is 8.74. The number of alkyl halides is 1. The van der Waals surface area contributed by atoms with E-state index in [0.717, 1.165) is 10.6 Å². The Morgan fingerprint density at radius 1 is 1.50 bits per heavy atom. The molecule has 6 heteroatoms. The fourth-order valence-electron chi connectivity index (χ4n) is 1.42. The van der Waals surface area contributed by atoms with Crippen molar-refractivity contribution in [3.63, 3.8) is 0 Å². The lowest BCUT2D eigenvalue weighted by Crippen LogP contribution is -2.12. The van der Waals surface area contributed by atoms with Gasteiger partial charge in [-0.25, -0.2) is 4.98 Å². The van der Waals surface area contributed by atoms with Crippen molar-refractivity contribution in [1.29, 1.82) is 0 Å². The molecule has 94 valence electrons. The van der Waals surface area contributed by atoms with Gasteiger partial charge in [0.1, 0.15) is 0 Å². The van der Waals surface area contributed by atoms with E-state index in [0.29, 0.717) is 16.6 Å². The summed E-state index contributed by atoms with van der Waals surface area (Å²) < 4.78 is 0. The lowest BCUT2D eigenvalue weighted by molar-refractivity contribution is 0.102. The minimum absolute atomic E-state index is 0.143. The van der Waals surface area contributed by atoms with Crippen molar-refractivity contribution in [2.75, 3.05) is 11.6 Å². The van der Waals surface area contributed by atoms with Crippen LogP contribution in [-0.4, -0.2) is 17.1 Å². The fraction of sp³-hybridized carbons (Fsp3) is 0.167. The van der Waals surface area contributed by atoms with Crippen molar-refractivity contribution in [1.82, 2.24) is 4.98 Å². The van der Waals surface area contributed by atoms with Gasteiger partial charge in [-0.3, -0.25) is 10.1 Å². The number of hydrogen-bond acceptors (Lipinski definition) is 4. The van der Waals surface area contributed by atoms with Gasteiger partial charge in [-0.1, -0.05) is 12.1 Å². The third kappa shape index (κ3) is 3.04. The molecule has 1 aromatic carbocycles. The number of halogens is 1. The van der Waals surface area contributed by atoms with Gasteiger partial charge in [-0.05, 0) is 18.4 Å². The third-order valence-electron chi connectivity index (χ3n) is 2.26. The summed E-state index contributed by atoms with van der Waals surface area (Å²) in [4.78, 5) is 17.2. The normalized spacial score (nSPS) is 10.3. The number of nitrogens with zero attached hydrogens (tertiary/aromatic N) is 1. The molecule has 1 N–H and O–H groups in total. The number of anilines is 1. The predicted molar refractivity (Wildman–Crippen MR) is 77.8 cm³/mol. The molecule has 0 saturated heterocycles. The predicted octanol–water partition coefficient (Wildman–Crippen LogP) is 3.86. The Labute approximate surface area is 119 Å². The highest BCUT2D eigenvalue weighted by Gasteiger charge is 2.12. The van der Waals surface area contributed by atoms with Gasteiger partial charge in [0.25, 0.3) is 5.91 Å². The van der Waals surface area contributed by atoms with Crippen molar-refractivity contribution >= 4 is 45.7 Å². The van der Waals surface area contributed by atoms with E-state index in [1.54, 1.807) is 17.8 Å². The molecule has 1 amide bonds. The van der Waals surface area contributed by atoms with Gasteiger partial charge in [0, 0.05) is 10.3 Å². The molecule has 3 nitrogen and oxygen atoms in total. The highest BCUT2D eigenvalue weighted by molar-refractivity contribution is 7.98. The summed E-state index contributed by atoms with van der Waals surface area (Å²) >= 11 is 8.59. The quantitative estimate of drug-likeness (QED) is 0.688. The van der Waals surface area contributed by atoms with Crippen molar-refractivity contribution in [3.05, 3.63) is 40.9 Å². The zero-order valence-corrected chi connectivity index (χ0v) is 12.0. The fourth-order valence-corrected chi connectivity index (χ4v) is 2.95. The summed E-state index contributed by atoms with van der Waals surface area (Å²) in [6.07, 6.45) is 1.95. The third-order valence-corrected chi connectivity index (χ3v) is 4.14. The summed E-state index contributed by atoms with van der Waals surface area (Å²) in [7, 11) is 0. The number of carbonyl (C=O) groups is 1. The van der Waals surface area contributed by atoms with E-state index in [4.69, 9.17) is 11.6 Å². The first kappa shape index (κ1) is 13.4. The molecule has 0 atom stereocenters. The molecule has 0 bridgehead atoms. The van der Waals surface area contributed by atoms with Crippen molar-refractivity contribution < 1.29 is 4.79 Å². The van der Waals surface area contributed by atoms with Crippen LogP contribution < -0.4 is 5.32 Å².